The van der Waals surface area contributed by atoms with Crippen molar-refractivity contribution in [2.45, 2.75) is 74.1 Å². The van der Waals surface area contributed by atoms with E-state index in [0.717, 1.165) is 6.42 Å². The summed E-state index contributed by atoms with van der Waals surface area (Å²) in [6.45, 7) is 27.0. The van der Waals surface area contributed by atoms with E-state index in [2.05, 4.69) is 276 Å². The van der Waals surface area contributed by atoms with E-state index in [1.807, 2.05) is 47.8 Å². The first-order valence-electron chi connectivity index (χ1n) is 25.9. The highest BCUT2D eigenvalue weighted by Gasteiger charge is 2.46. The number of fused-ring (bicyclic) bond motifs is 5. The Kier molecular flexibility index (Phi) is 18.7. The lowest BCUT2D eigenvalue weighted by Crippen LogP contribution is -2.28. The number of benzene rings is 9. The van der Waals surface area contributed by atoms with Crippen LogP contribution < -0.4 is 0 Å². The van der Waals surface area contributed by atoms with Gasteiger partial charge in [-0.3, -0.25) is 0 Å². The van der Waals surface area contributed by atoms with Gasteiger partial charge in [0, 0.05) is 9.75 Å². The Morgan fingerprint density at radius 3 is 1.53 bits per heavy atom. The van der Waals surface area contributed by atoms with E-state index in [1.165, 1.54) is 115 Å². The Hall–Kier alpha value is -7.84. The van der Waals surface area contributed by atoms with Crippen LogP contribution in [0.15, 0.2) is 255 Å². The molecule has 0 radical (unpaired) electrons. The van der Waals surface area contributed by atoms with Crippen LogP contribution in [-0.2, 0) is 11.8 Å². The van der Waals surface area contributed by atoms with Crippen LogP contribution in [0.5, 0.6) is 0 Å². The smallest absolute Gasteiger partial charge is 0.0713 e. The first-order chi connectivity index (χ1) is 35.9. The molecule has 0 bridgehead atoms. The van der Waals surface area contributed by atoms with Crippen molar-refractivity contribution in [3.63, 3.8) is 0 Å². The lowest BCUT2D eigenvalue weighted by molar-refractivity contribution is 0.767. The zero-order valence-electron chi connectivity index (χ0n) is 45.0. The largest absolute Gasteiger partial charge is 0.141 e. The first kappa shape index (κ1) is 53.9. The summed E-state index contributed by atoms with van der Waals surface area (Å²) in [6, 6.07) is 80.4. The third-order valence-corrected chi connectivity index (χ3v) is 15.1. The Balaban J connectivity index is 0.000000155. The van der Waals surface area contributed by atoms with Crippen LogP contribution in [0.25, 0.3) is 37.9 Å². The highest BCUT2D eigenvalue weighted by Crippen LogP contribution is 2.58. The monoisotopic (exact) mass is 981 g/mol. The second kappa shape index (κ2) is 25.7. The van der Waals surface area contributed by atoms with Gasteiger partial charge in [-0.05, 0) is 163 Å². The molecule has 1 heteroatoms. The lowest BCUT2D eigenvalue weighted by Gasteiger charge is -2.34. The summed E-state index contributed by atoms with van der Waals surface area (Å²) in [4.78, 5) is 2.73. The predicted octanol–water partition coefficient (Wildman–Crippen LogP) is 20.5. The fourth-order valence-electron chi connectivity index (χ4n) is 9.83. The van der Waals surface area contributed by atoms with E-state index in [9.17, 15) is 0 Å². The fraction of sp³-hybridized carbons (Fsp3) is 0.151. The van der Waals surface area contributed by atoms with E-state index < -0.39 is 0 Å². The van der Waals surface area contributed by atoms with Gasteiger partial charge in [0.05, 0.1) is 5.41 Å². The minimum absolute atomic E-state index is 0.325. The fourth-order valence-corrected chi connectivity index (χ4v) is 10.7. The average Bonchev–Trinajstić information content (AvgIpc) is 4.00. The molecule has 1 aliphatic carbocycles. The molecule has 1 aliphatic rings. The van der Waals surface area contributed by atoms with E-state index in [-0.39, 0.29) is 5.41 Å². The Labute approximate surface area is 447 Å². The van der Waals surface area contributed by atoms with Gasteiger partial charge in [0.1, 0.15) is 0 Å². The molecule has 0 N–H and O–H groups in total. The maximum absolute atomic E-state index is 3.87. The van der Waals surface area contributed by atoms with Crippen LogP contribution in [-0.4, -0.2) is 0 Å². The van der Waals surface area contributed by atoms with E-state index in [4.69, 9.17) is 0 Å². The highest BCUT2D eigenvalue weighted by molar-refractivity contribution is 7.15. The van der Waals surface area contributed by atoms with Crippen LogP contribution >= 0.6 is 11.3 Å². The molecule has 0 spiro atoms. The third-order valence-electron chi connectivity index (χ3n) is 14.0. The normalized spacial score (nSPS) is 11.8. The van der Waals surface area contributed by atoms with E-state index in [0.29, 0.717) is 0 Å². The highest BCUT2D eigenvalue weighted by atomic mass is 32.1. The molecule has 0 unspecified atom stereocenters. The van der Waals surface area contributed by atoms with Crippen molar-refractivity contribution in [3.8, 4) is 21.6 Å². The zero-order valence-corrected chi connectivity index (χ0v) is 45.9. The van der Waals surface area contributed by atoms with Gasteiger partial charge in [0.15, 0.2) is 0 Å². The van der Waals surface area contributed by atoms with Gasteiger partial charge < -0.3 is 0 Å². The van der Waals surface area contributed by atoms with Crippen molar-refractivity contribution in [2.75, 3.05) is 0 Å². The molecular weight excluding hydrogens is 909 g/mol. The molecule has 1 aromatic heterocycles. The van der Waals surface area contributed by atoms with Crippen LogP contribution in [0.3, 0.4) is 0 Å². The molecule has 10 aromatic rings. The topological polar surface area (TPSA) is 0 Å². The van der Waals surface area contributed by atoms with Crippen LogP contribution in [0.2, 0.25) is 0 Å². The number of rotatable bonds is 7. The number of aryl methyl sites for hydroxylation is 7. The molecule has 370 valence electrons. The summed E-state index contributed by atoms with van der Waals surface area (Å²) in [7, 11) is 0. The minimum atomic E-state index is -0.325. The summed E-state index contributed by atoms with van der Waals surface area (Å²) in [6.07, 6.45) is 4.92. The molecule has 1 heterocycles. The molecular formula is C73H72S. The van der Waals surface area contributed by atoms with Crippen molar-refractivity contribution in [1.29, 1.82) is 0 Å². The number of thiophene rings is 1. The predicted molar refractivity (Wildman–Crippen MR) is 326 cm³/mol. The van der Waals surface area contributed by atoms with Gasteiger partial charge in [-0.2, -0.15) is 0 Å². The maximum atomic E-state index is 3.87. The Morgan fingerprint density at radius 2 is 1.01 bits per heavy atom. The number of hydrogen-bond acceptors (Lipinski definition) is 1. The quantitative estimate of drug-likeness (QED) is 0.140. The lowest BCUT2D eigenvalue weighted by atomic mass is 9.67. The SMILES string of the molecule is C=C/C(C)=C(\C=C)c1cccc(C)c1C.CCc1ccccc1.Cc1ccc(-c2ccc(C)s2)cc1.Cc1ccc2c(c1)C(c1ccccc1)(c1ccccc1)c1cc(C)c3ccccc3c1-2.Cc1ccccc1. The first-order valence-corrected chi connectivity index (χ1v) is 26.7. The van der Waals surface area contributed by atoms with Gasteiger partial charge in [0.25, 0.3) is 0 Å². The molecule has 0 saturated heterocycles. The molecule has 0 atom stereocenters. The summed E-state index contributed by atoms with van der Waals surface area (Å²) in [5, 5.41) is 2.68. The van der Waals surface area contributed by atoms with Crippen LogP contribution in [0, 0.1) is 48.5 Å². The van der Waals surface area contributed by atoms with Gasteiger partial charge in [-0.25, -0.2) is 0 Å². The van der Waals surface area contributed by atoms with Crippen LogP contribution in [0.1, 0.15) is 85.5 Å². The molecule has 0 nitrogen and oxygen atoms in total. The van der Waals surface area contributed by atoms with Crippen molar-refractivity contribution >= 4 is 27.7 Å². The molecule has 0 saturated carbocycles. The number of hydrogen-bond donors (Lipinski definition) is 0. The zero-order chi connectivity index (χ0) is 52.6. The molecule has 0 fully saturated rings. The summed E-state index contributed by atoms with van der Waals surface area (Å²) >= 11 is 1.85. The van der Waals surface area contributed by atoms with Crippen molar-refractivity contribution < 1.29 is 0 Å². The molecule has 11 rings (SSSR count). The summed E-state index contributed by atoms with van der Waals surface area (Å²) in [5.41, 5.74) is 22.0. The standard InChI is InChI=1S/C31H24.C15H18.C12H12S.C8H10.C7H8/c1-21-17-18-27-28(19-21)31(23-11-5-3-6-12-23,24-13-7-4-8-14-24)29-20-22(2)25-15-9-10-16-26(25)30(27)29;1-6-11(3)14(7-2)15-10-8-9-12(4)13(15)5;1-9-3-6-11(7-4-9)12-8-5-10(2)13-12;1-2-8-6-4-3-5-7-8;1-7-5-3-2-4-6-7/h3-20H,1-2H3;6-10H,1-2H2,3-5H3;3-8H,1-2H3;3-7H,2H2,1H3;2-6H,1H3/b;14-11+;;;. The maximum Gasteiger partial charge on any atom is 0.0713 e. The molecule has 74 heavy (non-hydrogen) atoms. The minimum Gasteiger partial charge on any atom is -0.141 e. The Morgan fingerprint density at radius 1 is 0.473 bits per heavy atom. The third kappa shape index (κ3) is 12.5. The van der Waals surface area contributed by atoms with Gasteiger partial charge >= 0.3 is 0 Å². The van der Waals surface area contributed by atoms with Crippen molar-refractivity contribution in [1.82, 2.24) is 0 Å². The Bertz CT molecular complexity index is 3400. The molecule has 9 aromatic carbocycles. The van der Waals surface area contributed by atoms with Gasteiger partial charge in [-0.1, -0.05) is 261 Å². The van der Waals surface area contributed by atoms with Gasteiger partial charge in [-0.15, -0.1) is 11.3 Å². The second-order valence-electron chi connectivity index (χ2n) is 19.2. The summed E-state index contributed by atoms with van der Waals surface area (Å²) < 4.78 is 0. The number of allylic oxidation sites excluding steroid dienone is 4. The van der Waals surface area contributed by atoms with E-state index in [1.54, 1.807) is 0 Å². The van der Waals surface area contributed by atoms with Crippen molar-refractivity contribution in [2.24, 2.45) is 0 Å². The van der Waals surface area contributed by atoms with Gasteiger partial charge in [0.2, 0.25) is 0 Å². The average molecular weight is 981 g/mol. The van der Waals surface area contributed by atoms with E-state index >= 15 is 0 Å². The second-order valence-corrected chi connectivity index (χ2v) is 20.5. The summed E-state index contributed by atoms with van der Waals surface area (Å²) in [5.74, 6) is 0. The molecule has 0 amide bonds. The van der Waals surface area contributed by atoms with Crippen LogP contribution in [0.4, 0.5) is 0 Å². The van der Waals surface area contributed by atoms with Crippen molar-refractivity contribution in [3.05, 3.63) is 327 Å². The molecule has 0 aliphatic heterocycles.